The third-order valence-corrected chi connectivity index (χ3v) is 5.93. The first-order valence-electron chi connectivity index (χ1n) is 7.72. The number of aliphatic carboxylic acids is 1. The van der Waals surface area contributed by atoms with Crippen LogP contribution in [-0.4, -0.2) is 61.4 Å². The Labute approximate surface area is 143 Å². The van der Waals surface area contributed by atoms with E-state index in [4.69, 9.17) is 5.11 Å². The molecule has 1 aromatic carbocycles. The summed E-state index contributed by atoms with van der Waals surface area (Å²) in [6.07, 6.45) is -3.96. The molecule has 0 unspecified atom stereocenters. The van der Waals surface area contributed by atoms with Crippen molar-refractivity contribution < 1.29 is 31.5 Å². The smallest absolute Gasteiger partial charge is 0.416 e. The summed E-state index contributed by atoms with van der Waals surface area (Å²) in [4.78, 5) is 12.3. The van der Waals surface area contributed by atoms with Crippen LogP contribution in [0.3, 0.4) is 0 Å². The molecule has 140 valence electrons. The Morgan fingerprint density at radius 3 is 2.12 bits per heavy atom. The molecule has 0 radical (unpaired) electrons. The molecule has 2 rings (SSSR count). The number of carbonyl (C=O) groups is 1. The summed E-state index contributed by atoms with van der Waals surface area (Å²) >= 11 is 0. The lowest BCUT2D eigenvalue weighted by atomic mass is 10.2. The number of sulfonamides is 1. The Morgan fingerprint density at radius 1 is 1.08 bits per heavy atom. The van der Waals surface area contributed by atoms with E-state index < -0.39 is 27.7 Å². The van der Waals surface area contributed by atoms with Crippen molar-refractivity contribution in [3.8, 4) is 0 Å². The fourth-order valence-corrected chi connectivity index (χ4v) is 4.03. The molecule has 1 aromatic rings. The molecule has 1 fully saturated rings. The van der Waals surface area contributed by atoms with E-state index in [1.165, 1.54) is 4.31 Å². The van der Waals surface area contributed by atoms with Crippen LogP contribution in [0, 0.1) is 0 Å². The normalized spacial score (nSPS) is 17.6. The predicted octanol–water partition coefficient (Wildman–Crippen LogP) is 1.88. The van der Waals surface area contributed by atoms with Gasteiger partial charge >= 0.3 is 12.1 Å². The number of benzene rings is 1. The quantitative estimate of drug-likeness (QED) is 0.815. The monoisotopic (exact) mass is 380 g/mol. The van der Waals surface area contributed by atoms with E-state index in [1.807, 2.05) is 4.90 Å². The summed E-state index contributed by atoms with van der Waals surface area (Å²) < 4.78 is 63.9. The lowest BCUT2D eigenvalue weighted by molar-refractivity contribution is -0.138. The summed E-state index contributed by atoms with van der Waals surface area (Å²) in [5.74, 6) is -0.872. The minimum absolute atomic E-state index is 0.0596. The number of carboxylic acids is 1. The van der Waals surface area contributed by atoms with Crippen molar-refractivity contribution in [3.05, 3.63) is 29.8 Å². The maximum atomic E-state index is 12.6. The van der Waals surface area contributed by atoms with E-state index in [1.54, 1.807) is 0 Å². The van der Waals surface area contributed by atoms with Crippen molar-refractivity contribution in [1.29, 1.82) is 0 Å². The van der Waals surface area contributed by atoms with Crippen molar-refractivity contribution in [3.63, 3.8) is 0 Å². The molecule has 0 aliphatic carbocycles. The Morgan fingerprint density at radius 2 is 1.64 bits per heavy atom. The molecule has 1 aliphatic rings. The van der Waals surface area contributed by atoms with Crippen LogP contribution >= 0.6 is 0 Å². The largest absolute Gasteiger partial charge is 0.481 e. The number of halogens is 3. The number of hydrogen-bond acceptors (Lipinski definition) is 4. The lowest BCUT2D eigenvalue weighted by Crippen LogP contribution is -2.48. The second-order valence-corrected chi connectivity index (χ2v) is 7.70. The first-order valence-corrected chi connectivity index (χ1v) is 9.16. The number of alkyl halides is 3. The standard InChI is InChI=1S/C15H19F3N2O4S/c16-15(17,18)12-3-5-13(6-4-12)25(23,24)20-10-8-19(9-11-20)7-1-2-14(21)22/h3-6H,1-2,7-11H2,(H,21,22). The highest BCUT2D eigenvalue weighted by atomic mass is 32.2. The topological polar surface area (TPSA) is 77.9 Å². The van der Waals surface area contributed by atoms with Crippen LogP contribution < -0.4 is 0 Å². The predicted molar refractivity (Wildman–Crippen MR) is 83.5 cm³/mol. The summed E-state index contributed by atoms with van der Waals surface area (Å²) in [6.45, 7) is 1.92. The fourth-order valence-electron chi connectivity index (χ4n) is 2.61. The van der Waals surface area contributed by atoms with E-state index in [9.17, 15) is 26.4 Å². The average Bonchev–Trinajstić information content (AvgIpc) is 2.54. The summed E-state index contributed by atoms with van der Waals surface area (Å²) in [5.41, 5.74) is -0.894. The highest BCUT2D eigenvalue weighted by Gasteiger charge is 2.32. The van der Waals surface area contributed by atoms with Gasteiger partial charge in [-0.2, -0.15) is 17.5 Å². The summed E-state index contributed by atoms with van der Waals surface area (Å²) in [7, 11) is -3.84. The van der Waals surface area contributed by atoms with Gasteiger partial charge < -0.3 is 10.0 Å². The molecule has 1 aliphatic heterocycles. The van der Waals surface area contributed by atoms with Crippen LogP contribution in [0.2, 0.25) is 0 Å². The molecule has 0 atom stereocenters. The number of nitrogens with zero attached hydrogens (tertiary/aromatic N) is 2. The van der Waals surface area contributed by atoms with Crippen molar-refractivity contribution >= 4 is 16.0 Å². The zero-order valence-corrected chi connectivity index (χ0v) is 14.2. The fraction of sp³-hybridized carbons (Fsp3) is 0.533. The van der Waals surface area contributed by atoms with Gasteiger partial charge in [-0.15, -0.1) is 0 Å². The molecule has 25 heavy (non-hydrogen) atoms. The molecular formula is C15H19F3N2O4S. The molecule has 1 heterocycles. The van der Waals surface area contributed by atoms with E-state index in [0.29, 0.717) is 26.1 Å². The van der Waals surface area contributed by atoms with Crippen molar-refractivity contribution in [1.82, 2.24) is 9.21 Å². The SMILES string of the molecule is O=C(O)CCCN1CCN(S(=O)(=O)c2ccc(C(F)(F)F)cc2)CC1. The molecule has 1 N–H and O–H groups in total. The Hall–Kier alpha value is -1.65. The Balaban J connectivity index is 1.96. The van der Waals surface area contributed by atoms with Crippen molar-refractivity contribution in [2.45, 2.75) is 23.9 Å². The zero-order chi connectivity index (χ0) is 18.7. The van der Waals surface area contributed by atoms with Crippen LogP contribution in [0.4, 0.5) is 13.2 Å². The van der Waals surface area contributed by atoms with Gasteiger partial charge in [0.1, 0.15) is 0 Å². The first-order chi connectivity index (χ1) is 11.6. The molecule has 0 bridgehead atoms. The molecule has 0 saturated carbocycles. The Kier molecular flexibility index (Phi) is 6.07. The Bertz CT molecular complexity index is 696. The third kappa shape index (κ3) is 5.16. The van der Waals surface area contributed by atoms with Gasteiger partial charge in [-0.25, -0.2) is 8.42 Å². The van der Waals surface area contributed by atoms with E-state index >= 15 is 0 Å². The number of carboxylic acid groups (broad SMARTS) is 1. The number of rotatable bonds is 6. The molecular weight excluding hydrogens is 361 g/mol. The van der Waals surface area contributed by atoms with Gasteiger partial charge in [0.25, 0.3) is 0 Å². The van der Waals surface area contributed by atoms with Crippen LogP contribution in [0.1, 0.15) is 18.4 Å². The minimum atomic E-state index is -4.51. The highest BCUT2D eigenvalue weighted by molar-refractivity contribution is 7.89. The summed E-state index contributed by atoms with van der Waals surface area (Å²) in [5, 5.41) is 8.61. The van der Waals surface area contributed by atoms with E-state index in [-0.39, 0.29) is 24.4 Å². The van der Waals surface area contributed by atoms with Gasteiger partial charge in [0.05, 0.1) is 10.5 Å². The number of hydrogen-bond donors (Lipinski definition) is 1. The number of piperazine rings is 1. The van der Waals surface area contributed by atoms with Crippen molar-refractivity contribution in [2.24, 2.45) is 0 Å². The minimum Gasteiger partial charge on any atom is -0.481 e. The van der Waals surface area contributed by atoms with Crippen LogP contribution in [-0.2, 0) is 21.0 Å². The molecule has 0 aromatic heterocycles. The van der Waals surface area contributed by atoms with E-state index in [2.05, 4.69) is 0 Å². The van der Waals surface area contributed by atoms with Gasteiger partial charge in [0, 0.05) is 32.6 Å². The van der Waals surface area contributed by atoms with Gasteiger partial charge in [0.2, 0.25) is 10.0 Å². The van der Waals surface area contributed by atoms with Gasteiger partial charge in [-0.05, 0) is 37.2 Å². The van der Waals surface area contributed by atoms with Crippen LogP contribution in [0.15, 0.2) is 29.2 Å². The second-order valence-electron chi connectivity index (χ2n) is 5.77. The summed E-state index contributed by atoms with van der Waals surface area (Å²) in [6, 6.07) is 3.46. The van der Waals surface area contributed by atoms with Crippen molar-refractivity contribution in [2.75, 3.05) is 32.7 Å². The lowest BCUT2D eigenvalue weighted by Gasteiger charge is -2.33. The maximum Gasteiger partial charge on any atom is 0.416 e. The molecule has 0 spiro atoms. The molecule has 6 nitrogen and oxygen atoms in total. The first kappa shape index (κ1) is 19.7. The maximum absolute atomic E-state index is 12.6. The second kappa shape index (κ2) is 7.71. The molecule has 10 heteroatoms. The highest BCUT2D eigenvalue weighted by Crippen LogP contribution is 2.30. The van der Waals surface area contributed by atoms with Crippen LogP contribution in [0.5, 0.6) is 0 Å². The van der Waals surface area contributed by atoms with Gasteiger partial charge in [-0.1, -0.05) is 0 Å². The third-order valence-electron chi connectivity index (χ3n) is 4.02. The zero-order valence-electron chi connectivity index (χ0n) is 13.4. The van der Waals surface area contributed by atoms with Crippen LogP contribution in [0.25, 0.3) is 0 Å². The molecule has 0 amide bonds. The van der Waals surface area contributed by atoms with Gasteiger partial charge in [0.15, 0.2) is 0 Å². The average molecular weight is 380 g/mol. The van der Waals surface area contributed by atoms with E-state index in [0.717, 1.165) is 24.3 Å². The van der Waals surface area contributed by atoms with Gasteiger partial charge in [-0.3, -0.25) is 4.79 Å². The molecule has 1 saturated heterocycles.